The Labute approximate surface area is 252 Å². The first-order valence-electron chi connectivity index (χ1n) is 14.0. The van der Waals surface area contributed by atoms with E-state index < -0.39 is 6.04 Å². The molecule has 0 unspecified atom stereocenters. The van der Waals surface area contributed by atoms with Crippen LogP contribution >= 0.6 is 35.0 Å². The topological polar surface area (TPSA) is 49.4 Å². The van der Waals surface area contributed by atoms with Crippen molar-refractivity contribution < 1.29 is 9.59 Å². The second kappa shape index (κ2) is 15.0. The number of amides is 2. The number of rotatable bonds is 11. The molecule has 1 N–H and O–H groups in total. The SMILES string of the molecule is Cc1cc(C)cc(CSCC(=O)N(Cc2ccc(Cl)c(Cl)c2)[C@H](Cc2ccccc2)C(=O)NC2CCCCC2)c1. The lowest BCUT2D eigenvalue weighted by molar-refractivity contribution is -0.139. The fourth-order valence-corrected chi connectivity index (χ4v) is 6.59. The standard InChI is InChI=1S/C33H38Cl2N2O2S/c1-23-15-24(2)17-27(16-23)21-40-22-32(38)37(20-26-13-14-29(34)30(35)18-26)31(19-25-9-5-3-6-10-25)33(39)36-28-11-7-4-8-12-28/h3,5-6,9-10,13-18,28,31H,4,7-8,11-12,19-22H2,1-2H3,(H,36,39)/t31-/m1/s1. The van der Waals surface area contributed by atoms with E-state index in [4.69, 9.17) is 23.2 Å². The van der Waals surface area contributed by atoms with Crippen LogP contribution in [0.2, 0.25) is 10.0 Å². The molecule has 4 rings (SSSR count). The summed E-state index contributed by atoms with van der Waals surface area (Å²) in [7, 11) is 0. The van der Waals surface area contributed by atoms with Crippen LogP contribution in [-0.4, -0.2) is 34.6 Å². The highest BCUT2D eigenvalue weighted by atomic mass is 35.5. The zero-order valence-corrected chi connectivity index (χ0v) is 25.6. The Hall–Kier alpha value is -2.47. The van der Waals surface area contributed by atoms with Gasteiger partial charge in [-0.15, -0.1) is 11.8 Å². The number of carbonyl (C=O) groups is 2. The van der Waals surface area contributed by atoms with E-state index in [1.807, 2.05) is 36.4 Å². The van der Waals surface area contributed by atoms with Crippen LogP contribution in [0.4, 0.5) is 0 Å². The molecule has 0 heterocycles. The number of aryl methyl sites for hydroxylation is 2. The Bertz CT molecular complexity index is 1270. The summed E-state index contributed by atoms with van der Waals surface area (Å²) in [5.41, 5.74) is 5.48. The summed E-state index contributed by atoms with van der Waals surface area (Å²) in [6, 6.07) is 21.3. The van der Waals surface area contributed by atoms with Crippen LogP contribution in [0.15, 0.2) is 66.7 Å². The highest BCUT2D eigenvalue weighted by Gasteiger charge is 2.32. The minimum Gasteiger partial charge on any atom is -0.352 e. The maximum atomic E-state index is 13.9. The average Bonchev–Trinajstić information content (AvgIpc) is 2.93. The van der Waals surface area contributed by atoms with Gasteiger partial charge >= 0.3 is 0 Å². The first-order chi connectivity index (χ1) is 19.3. The van der Waals surface area contributed by atoms with Gasteiger partial charge in [0.15, 0.2) is 0 Å². The van der Waals surface area contributed by atoms with Gasteiger partial charge in [0.25, 0.3) is 0 Å². The molecule has 40 heavy (non-hydrogen) atoms. The molecule has 1 fully saturated rings. The molecule has 0 spiro atoms. The number of nitrogens with zero attached hydrogens (tertiary/aromatic N) is 1. The second-order valence-corrected chi connectivity index (χ2v) is 12.6. The molecule has 2 amide bonds. The lowest BCUT2D eigenvalue weighted by Gasteiger charge is -2.33. The molecule has 3 aromatic carbocycles. The van der Waals surface area contributed by atoms with Crippen molar-refractivity contribution in [2.45, 2.75) is 76.8 Å². The minimum absolute atomic E-state index is 0.0693. The fraction of sp³-hybridized carbons (Fsp3) is 0.394. The molecule has 0 bridgehead atoms. The van der Waals surface area contributed by atoms with E-state index in [0.717, 1.165) is 42.6 Å². The van der Waals surface area contributed by atoms with Crippen LogP contribution < -0.4 is 5.32 Å². The summed E-state index contributed by atoms with van der Waals surface area (Å²) in [4.78, 5) is 29.5. The third-order valence-corrected chi connectivity index (χ3v) is 9.06. The zero-order chi connectivity index (χ0) is 28.5. The molecule has 212 valence electrons. The Morgan fingerprint density at radius 3 is 2.25 bits per heavy atom. The number of hydrogen-bond acceptors (Lipinski definition) is 3. The first-order valence-corrected chi connectivity index (χ1v) is 15.9. The largest absolute Gasteiger partial charge is 0.352 e. The van der Waals surface area contributed by atoms with Crippen LogP contribution in [0.3, 0.4) is 0 Å². The summed E-state index contributed by atoms with van der Waals surface area (Å²) >= 11 is 14.1. The van der Waals surface area contributed by atoms with Gasteiger partial charge in [0, 0.05) is 24.8 Å². The maximum Gasteiger partial charge on any atom is 0.243 e. The number of halogens is 2. The van der Waals surface area contributed by atoms with Crippen molar-refractivity contribution in [2.24, 2.45) is 0 Å². The molecule has 1 atom stereocenters. The normalized spacial score (nSPS) is 14.5. The summed E-state index contributed by atoms with van der Waals surface area (Å²) in [5.74, 6) is 0.839. The first kappa shape index (κ1) is 30.5. The van der Waals surface area contributed by atoms with Crippen LogP contribution in [0.1, 0.15) is 59.9 Å². The van der Waals surface area contributed by atoms with Gasteiger partial charge in [0.1, 0.15) is 6.04 Å². The summed E-state index contributed by atoms with van der Waals surface area (Å²) < 4.78 is 0. The van der Waals surface area contributed by atoms with Crippen molar-refractivity contribution in [2.75, 3.05) is 5.75 Å². The van der Waals surface area contributed by atoms with Crippen molar-refractivity contribution in [3.8, 4) is 0 Å². The number of carbonyl (C=O) groups excluding carboxylic acids is 2. The number of hydrogen-bond donors (Lipinski definition) is 1. The predicted molar refractivity (Wildman–Crippen MR) is 168 cm³/mol. The number of benzene rings is 3. The van der Waals surface area contributed by atoms with Crippen LogP contribution in [-0.2, 0) is 28.3 Å². The molecular weight excluding hydrogens is 559 g/mol. The van der Waals surface area contributed by atoms with Crippen LogP contribution in [0.5, 0.6) is 0 Å². The van der Waals surface area contributed by atoms with E-state index in [1.54, 1.807) is 28.8 Å². The van der Waals surface area contributed by atoms with Gasteiger partial charge in [-0.2, -0.15) is 0 Å². The Balaban J connectivity index is 1.58. The lowest BCUT2D eigenvalue weighted by atomic mass is 9.94. The molecule has 1 saturated carbocycles. The van der Waals surface area contributed by atoms with E-state index in [9.17, 15) is 9.59 Å². The van der Waals surface area contributed by atoms with Gasteiger partial charge < -0.3 is 10.2 Å². The van der Waals surface area contributed by atoms with Crippen LogP contribution in [0.25, 0.3) is 0 Å². The van der Waals surface area contributed by atoms with E-state index >= 15 is 0 Å². The Morgan fingerprint density at radius 1 is 0.875 bits per heavy atom. The van der Waals surface area contributed by atoms with Gasteiger partial charge in [-0.25, -0.2) is 0 Å². The number of thioether (sulfide) groups is 1. The molecule has 4 nitrogen and oxygen atoms in total. The lowest BCUT2D eigenvalue weighted by Crippen LogP contribution is -2.53. The summed E-state index contributed by atoms with van der Waals surface area (Å²) in [5, 5.41) is 4.18. The molecule has 1 aliphatic rings. The van der Waals surface area contributed by atoms with E-state index in [2.05, 4.69) is 37.4 Å². The molecule has 3 aromatic rings. The zero-order valence-electron chi connectivity index (χ0n) is 23.3. The predicted octanol–water partition coefficient (Wildman–Crippen LogP) is 7.93. The molecule has 0 saturated heterocycles. The van der Waals surface area contributed by atoms with E-state index in [-0.39, 0.29) is 30.2 Å². The van der Waals surface area contributed by atoms with Gasteiger partial charge in [-0.1, -0.05) is 108 Å². The van der Waals surface area contributed by atoms with Crippen molar-refractivity contribution in [1.29, 1.82) is 0 Å². The van der Waals surface area contributed by atoms with Crippen LogP contribution in [0, 0.1) is 13.8 Å². The third-order valence-electron chi connectivity index (χ3n) is 7.34. The molecule has 1 aliphatic carbocycles. The van der Waals surface area contributed by atoms with Crippen molar-refractivity contribution in [3.63, 3.8) is 0 Å². The molecular formula is C33H38Cl2N2O2S. The molecule has 0 aromatic heterocycles. The second-order valence-electron chi connectivity index (χ2n) is 10.8. The van der Waals surface area contributed by atoms with Crippen molar-refractivity contribution in [3.05, 3.63) is 105 Å². The Kier molecular flexibility index (Phi) is 11.4. The highest BCUT2D eigenvalue weighted by Crippen LogP contribution is 2.26. The van der Waals surface area contributed by atoms with Crippen molar-refractivity contribution in [1.82, 2.24) is 10.2 Å². The molecule has 0 aliphatic heterocycles. The monoisotopic (exact) mass is 596 g/mol. The highest BCUT2D eigenvalue weighted by molar-refractivity contribution is 7.99. The maximum absolute atomic E-state index is 13.9. The minimum atomic E-state index is -0.645. The third kappa shape index (κ3) is 9.02. The average molecular weight is 598 g/mol. The Morgan fingerprint density at radius 2 is 1.57 bits per heavy atom. The summed E-state index contributed by atoms with van der Waals surface area (Å²) in [6.07, 6.45) is 5.85. The fourth-order valence-electron chi connectivity index (χ4n) is 5.42. The smallest absolute Gasteiger partial charge is 0.243 e. The van der Waals surface area contributed by atoms with Gasteiger partial charge in [0.05, 0.1) is 15.8 Å². The van der Waals surface area contributed by atoms with E-state index in [1.165, 1.54) is 23.1 Å². The van der Waals surface area contributed by atoms with E-state index in [0.29, 0.717) is 16.5 Å². The quantitative estimate of drug-likeness (QED) is 0.244. The van der Waals surface area contributed by atoms with Gasteiger partial charge in [-0.3, -0.25) is 9.59 Å². The van der Waals surface area contributed by atoms with Gasteiger partial charge in [-0.05, 0) is 55.5 Å². The summed E-state index contributed by atoms with van der Waals surface area (Å²) in [6.45, 7) is 4.45. The molecule has 0 radical (unpaired) electrons. The molecule has 7 heteroatoms. The van der Waals surface area contributed by atoms with Crippen molar-refractivity contribution >= 4 is 46.8 Å². The van der Waals surface area contributed by atoms with Gasteiger partial charge in [0.2, 0.25) is 11.8 Å². The number of nitrogens with one attached hydrogen (secondary N) is 1.